The fraction of sp³-hybridized carbons (Fsp3) is 0.654. The quantitative estimate of drug-likeness (QED) is 0.388. The number of ketones is 2. The highest BCUT2D eigenvalue weighted by Gasteiger charge is 2.81. The Hall–Kier alpha value is -2.56. The van der Waals surface area contributed by atoms with Crippen molar-refractivity contribution in [3.05, 3.63) is 22.8 Å². The zero-order valence-electron chi connectivity index (χ0n) is 23.3. The molecule has 5 heterocycles. The average molecular weight is 608 g/mol. The molecule has 5 aliphatic rings. The molecule has 222 valence electrons. The van der Waals surface area contributed by atoms with Crippen LogP contribution in [0.25, 0.3) is 0 Å². The summed E-state index contributed by atoms with van der Waals surface area (Å²) in [5.74, 6) is -3.89. The van der Waals surface area contributed by atoms with Crippen LogP contribution in [0.1, 0.15) is 20.8 Å². The highest BCUT2D eigenvalue weighted by molar-refractivity contribution is 8.03. The smallest absolute Gasteiger partial charge is 0.404 e. The normalized spacial score (nSPS) is 33.0. The lowest BCUT2D eigenvalue weighted by atomic mass is 9.74. The van der Waals surface area contributed by atoms with E-state index in [0.717, 1.165) is 0 Å². The van der Waals surface area contributed by atoms with Crippen LogP contribution >= 0.6 is 23.1 Å². The van der Waals surface area contributed by atoms with Crippen LogP contribution in [-0.2, 0) is 33.3 Å². The van der Waals surface area contributed by atoms with Gasteiger partial charge in [-0.1, -0.05) is 25.6 Å². The van der Waals surface area contributed by atoms with Gasteiger partial charge in [0.25, 0.3) is 5.79 Å². The summed E-state index contributed by atoms with van der Waals surface area (Å²) in [6.07, 6.45) is 0.618. The topological polar surface area (TPSA) is 154 Å². The molecule has 1 aromatic rings. The zero-order valence-corrected chi connectivity index (χ0v) is 24.9. The van der Waals surface area contributed by atoms with Gasteiger partial charge in [-0.3, -0.25) is 14.4 Å². The predicted molar refractivity (Wildman–Crippen MR) is 146 cm³/mol. The Bertz CT molecular complexity index is 1310. The van der Waals surface area contributed by atoms with E-state index >= 15 is 4.79 Å². The van der Waals surface area contributed by atoms with Crippen LogP contribution in [0.15, 0.2) is 27.2 Å². The van der Waals surface area contributed by atoms with Gasteiger partial charge in [0, 0.05) is 44.3 Å². The second-order valence-electron chi connectivity index (χ2n) is 10.6. The van der Waals surface area contributed by atoms with Gasteiger partial charge in [0.15, 0.2) is 14.8 Å². The number of thioether (sulfide) groups is 1. The van der Waals surface area contributed by atoms with Gasteiger partial charge in [-0.25, -0.2) is 9.78 Å². The van der Waals surface area contributed by atoms with E-state index in [4.69, 9.17) is 24.7 Å². The number of carbonyl (C=O) groups is 4. The molecule has 3 saturated heterocycles. The Balaban J connectivity index is 1.56. The molecule has 41 heavy (non-hydrogen) atoms. The van der Waals surface area contributed by atoms with Crippen LogP contribution in [0, 0.1) is 5.92 Å². The standard InChI is InChI=1S/C26H33N5O8S2/c1-5-29(6-2)13-24(41-23-28-7-10-40-23)21(34)18-17(20(33)26(24)38-8-9-39-26)15(12-37-22(27)35)25(36-4)19-16(11-30(18)25)31(19)14(3)32/h7,10,15-16,19H,5-6,8-9,11-13H2,1-4H3,(H2,27,35)/t15-,16+,19+,24?,25-,31?/m1/s1. The van der Waals surface area contributed by atoms with Crippen molar-refractivity contribution in [3.63, 3.8) is 0 Å². The highest BCUT2D eigenvalue weighted by atomic mass is 32.2. The molecule has 1 spiro atoms. The lowest BCUT2D eigenvalue weighted by molar-refractivity contribution is -0.194. The van der Waals surface area contributed by atoms with E-state index < -0.39 is 40.1 Å². The molecular weight excluding hydrogens is 574 g/mol. The number of Topliss-reactive ketones (excluding diaryl/α,β-unsaturated/α-hetero) is 2. The van der Waals surface area contributed by atoms with Crippen molar-refractivity contribution in [2.45, 2.75) is 53.5 Å². The SMILES string of the molecule is CCN(CC)CC1(Sc2nccs2)C(=O)C2=C(C(=O)C13OCCO3)[C@@H](COC(N)=O)[C@@]1(OC)[C@@H]3[C@H](CN21)N3C(C)=O. The number of aromatic nitrogens is 1. The summed E-state index contributed by atoms with van der Waals surface area (Å²) in [7, 11) is 1.47. The van der Waals surface area contributed by atoms with E-state index in [1.54, 1.807) is 16.0 Å². The van der Waals surface area contributed by atoms with Crippen molar-refractivity contribution < 1.29 is 38.1 Å². The summed E-state index contributed by atoms with van der Waals surface area (Å²) in [5, 5.41) is 1.81. The molecule has 0 bridgehead atoms. The zero-order chi connectivity index (χ0) is 29.3. The first-order chi connectivity index (χ1) is 19.6. The number of amides is 2. The molecule has 0 radical (unpaired) electrons. The molecule has 6 rings (SSSR count). The lowest BCUT2D eigenvalue weighted by Crippen LogP contribution is -2.70. The number of ether oxygens (including phenoxy) is 4. The minimum absolute atomic E-state index is 0.115. The number of rotatable bonds is 9. The van der Waals surface area contributed by atoms with E-state index in [9.17, 15) is 14.4 Å². The second kappa shape index (κ2) is 10.0. The van der Waals surface area contributed by atoms with Crippen molar-refractivity contribution in [3.8, 4) is 0 Å². The number of hydrogen-bond acceptors (Lipinski definition) is 13. The summed E-state index contributed by atoms with van der Waals surface area (Å²) < 4.78 is 23.0. The van der Waals surface area contributed by atoms with Gasteiger partial charge in [-0.05, 0) is 13.1 Å². The third kappa shape index (κ3) is 3.72. The predicted octanol–water partition coefficient (Wildman–Crippen LogP) is 0.448. The molecule has 1 aromatic heterocycles. The van der Waals surface area contributed by atoms with Gasteiger partial charge in [0.2, 0.25) is 17.5 Å². The van der Waals surface area contributed by atoms with E-state index in [1.165, 1.54) is 37.1 Å². The van der Waals surface area contributed by atoms with Gasteiger partial charge in [-0.15, -0.1) is 11.3 Å². The molecule has 0 saturated carbocycles. The maximum Gasteiger partial charge on any atom is 0.404 e. The number of allylic oxidation sites excluding steroid dienone is 1. The van der Waals surface area contributed by atoms with E-state index in [0.29, 0.717) is 17.4 Å². The van der Waals surface area contributed by atoms with E-state index in [-0.39, 0.29) is 61.9 Å². The molecule has 1 aliphatic carbocycles. The van der Waals surface area contributed by atoms with Crippen LogP contribution < -0.4 is 5.73 Å². The van der Waals surface area contributed by atoms with Crippen LogP contribution in [-0.4, -0.2) is 125 Å². The van der Waals surface area contributed by atoms with Crippen LogP contribution in [0.5, 0.6) is 0 Å². The molecule has 5 atom stereocenters. The largest absolute Gasteiger partial charge is 0.449 e. The molecule has 4 aliphatic heterocycles. The molecule has 0 aromatic carbocycles. The first-order valence-electron chi connectivity index (χ1n) is 13.6. The molecule has 3 fully saturated rings. The van der Waals surface area contributed by atoms with Crippen LogP contribution in [0.2, 0.25) is 0 Å². The number of primary amides is 1. The maximum atomic E-state index is 15.2. The van der Waals surface area contributed by atoms with Crippen molar-refractivity contribution in [2.24, 2.45) is 11.7 Å². The van der Waals surface area contributed by atoms with E-state index in [2.05, 4.69) is 9.88 Å². The first-order valence-corrected chi connectivity index (χ1v) is 15.3. The summed E-state index contributed by atoms with van der Waals surface area (Å²) in [4.78, 5) is 64.4. The molecule has 1 unspecified atom stereocenters. The minimum atomic E-state index is -1.95. The Kier molecular flexibility index (Phi) is 6.98. The van der Waals surface area contributed by atoms with E-state index in [1.807, 2.05) is 19.2 Å². The van der Waals surface area contributed by atoms with Gasteiger partial charge >= 0.3 is 6.09 Å². The number of nitrogens with two attached hydrogens (primary N) is 1. The minimum Gasteiger partial charge on any atom is -0.449 e. The molecule has 2 amide bonds. The average Bonchev–Trinajstić information content (AvgIpc) is 3.43. The number of carbonyl (C=O) groups excluding carboxylic acids is 4. The van der Waals surface area contributed by atoms with Crippen LogP contribution in [0.3, 0.4) is 0 Å². The Labute approximate surface area is 245 Å². The summed E-state index contributed by atoms with van der Waals surface area (Å²) in [6.45, 7) is 7.03. The molecular formula is C26H33N5O8S2. The monoisotopic (exact) mass is 607 g/mol. The summed E-state index contributed by atoms with van der Waals surface area (Å²) in [5.41, 5.74) is 4.33. The lowest BCUT2D eigenvalue weighted by Gasteiger charge is -2.48. The fourth-order valence-electron chi connectivity index (χ4n) is 7.26. The third-order valence-corrected chi connectivity index (χ3v) is 11.3. The summed E-state index contributed by atoms with van der Waals surface area (Å²) in [6, 6.07) is -0.679. The van der Waals surface area contributed by atoms with Gasteiger partial charge in [0.05, 0.1) is 30.9 Å². The van der Waals surface area contributed by atoms with Crippen molar-refractivity contribution in [2.75, 3.05) is 53.1 Å². The van der Waals surface area contributed by atoms with Crippen molar-refractivity contribution in [1.82, 2.24) is 19.7 Å². The Morgan fingerprint density at radius 1 is 1.24 bits per heavy atom. The number of thiazole rings is 1. The molecule has 13 nitrogen and oxygen atoms in total. The number of hydrogen-bond donors (Lipinski definition) is 1. The van der Waals surface area contributed by atoms with Crippen LogP contribution in [0.4, 0.5) is 4.79 Å². The summed E-state index contributed by atoms with van der Waals surface area (Å²) >= 11 is 2.55. The third-order valence-electron chi connectivity index (χ3n) is 8.97. The maximum absolute atomic E-state index is 15.2. The van der Waals surface area contributed by atoms with Gasteiger partial charge in [0.1, 0.15) is 12.6 Å². The number of fused-ring (bicyclic) bond motifs is 4. The molecule has 15 heteroatoms. The van der Waals surface area contributed by atoms with Gasteiger partial charge in [-0.2, -0.15) is 0 Å². The Morgan fingerprint density at radius 3 is 2.51 bits per heavy atom. The number of nitrogens with zero attached hydrogens (tertiary/aromatic N) is 4. The first kappa shape index (κ1) is 28.6. The van der Waals surface area contributed by atoms with Gasteiger partial charge < -0.3 is 39.4 Å². The molecule has 2 N–H and O–H groups in total. The van der Waals surface area contributed by atoms with Crippen molar-refractivity contribution in [1.29, 1.82) is 0 Å². The number of methoxy groups -OCH3 is 1. The highest BCUT2D eigenvalue weighted by Crippen LogP contribution is 2.63. The fourth-order valence-corrected chi connectivity index (χ4v) is 9.60. The Morgan fingerprint density at radius 2 is 1.95 bits per heavy atom. The second-order valence-corrected chi connectivity index (χ2v) is 13.1. The van der Waals surface area contributed by atoms with Crippen molar-refractivity contribution >= 4 is 46.7 Å². The number of piperazine rings is 1.